The van der Waals surface area contributed by atoms with Gasteiger partial charge in [-0.1, -0.05) is 43.3 Å². The number of hydrogen-bond donors (Lipinski definition) is 0. The Hall–Kier alpha value is -2.18. The zero-order chi connectivity index (χ0) is 17.7. The van der Waals surface area contributed by atoms with Crippen molar-refractivity contribution in [2.75, 3.05) is 20.6 Å². The highest BCUT2D eigenvalue weighted by Gasteiger charge is 2.24. The molecule has 5 nitrogen and oxygen atoms in total. The van der Waals surface area contributed by atoms with Crippen molar-refractivity contribution in [3.8, 4) is 0 Å². The van der Waals surface area contributed by atoms with E-state index in [4.69, 9.17) is 0 Å². The average Bonchev–Trinajstić information content (AvgIpc) is 2.59. The second kappa shape index (κ2) is 7.59. The van der Waals surface area contributed by atoms with Gasteiger partial charge >= 0.3 is 0 Å². The monoisotopic (exact) mass is 346 g/mol. The Labute approximate surface area is 143 Å². The van der Waals surface area contributed by atoms with E-state index in [1.54, 1.807) is 33.2 Å². The largest absolute Gasteiger partial charge is 0.345 e. The van der Waals surface area contributed by atoms with Gasteiger partial charge in [0.15, 0.2) is 0 Å². The quantitative estimate of drug-likeness (QED) is 0.808. The zero-order valence-corrected chi connectivity index (χ0v) is 15.0. The maximum absolute atomic E-state index is 12.9. The molecule has 1 amide bonds. The molecule has 0 atom stereocenters. The number of carbonyl (C=O) groups is 1. The zero-order valence-electron chi connectivity index (χ0n) is 14.1. The molecule has 0 bridgehead atoms. The van der Waals surface area contributed by atoms with Crippen molar-refractivity contribution in [1.29, 1.82) is 0 Å². The van der Waals surface area contributed by atoms with Gasteiger partial charge in [-0.15, -0.1) is 0 Å². The van der Waals surface area contributed by atoms with Gasteiger partial charge in [-0.05, 0) is 23.8 Å². The molecule has 128 valence electrons. The minimum absolute atomic E-state index is 0.132. The second-order valence-electron chi connectivity index (χ2n) is 5.64. The summed E-state index contributed by atoms with van der Waals surface area (Å²) in [7, 11) is -0.396. The van der Waals surface area contributed by atoms with Crippen LogP contribution in [0.5, 0.6) is 0 Å². The normalized spacial score (nSPS) is 11.5. The first-order valence-electron chi connectivity index (χ1n) is 7.72. The van der Waals surface area contributed by atoms with Crippen LogP contribution in [-0.4, -0.2) is 44.2 Å². The van der Waals surface area contributed by atoms with E-state index in [0.29, 0.717) is 18.7 Å². The number of rotatable bonds is 6. The molecule has 0 radical (unpaired) electrons. The van der Waals surface area contributed by atoms with E-state index in [2.05, 4.69) is 0 Å². The molecule has 2 aromatic carbocycles. The average molecular weight is 346 g/mol. The van der Waals surface area contributed by atoms with Gasteiger partial charge < -0.3 is 4.90 Å². The summed E-state index contributed by atoms with van der Waals surface area (Å²) in [5.41, 5.74) is 1.28. The molecule has 2 rings (SSSR count). The number of benzene rings is 2. The predicted molar refractivity (Wildman–Crippen MR) is 94.2 cm³/mol. The van der Waals surface area contributed by atoms with Crippen LogP contribution in [0.3, 0.4) is 0 Å². The van der Waals surface area contributed by atoms with Crippen molar-refractivity contribution in [2.45, 2.75) is 18.4 Å². The molecule has 0 aliphatic carbocycles. The van der Waals surface area contributed by atoms with E-state index in [9.17, 15) is 13.2 Å². The van der Waals surface area contributed by atoms with Gasteiger partial charge in [0.2, 0.25) is 10.0 Å². The van der Waals surface area contributed by atoms with Crippen molar-refractivity contribution in [2.24, 2.45) is 0 Å². The van der Waals surface area contributed by atoms with Crippen LogP contribution in [0.15, 0.2) is 59.5 Å². The van der Waals surface area contributed by atoms with E-state index >= 15 is 0 Å². The number of sulfonamides is 1. The van der Waals surface area contributed by atoms with Crippen LogP contribution in [0, 0.1) is 0 Å². The standard InChI is InChI=1S/C18H22N2O3S/c1-4-20(14-15-9-6-5-7-10-15)24(22,23)17-12-8-11-16(13-17)18(21)19(2)3/h5-13H,4,14H2,1-3H3. The Bertz CT molecular complexity index is 802. The summed E-state index contributed by atoms with van der Waals surface area (Å²) in [5.74, 6) is -0.224. The molecule has 2 aromatic rings. The molecule has 0 saturated heterocycles. The lowest BCUT2D eigenvalue weighted by atomic mass is 10.2. The summed E-state index contributed by atoms with van der Waals surface area (Å²) < 4.78 is 27.2. The smallest absolute Gasteiger partial charge is 0.253 e. The van der Waals surface area contributed by atoms with E-state index in [1.165, 1.54) is 21.3 Å². The van der Waals surface area contributed by atoms with E-state index < -0.39 is 10.0 Å². The third-order valence-electron chi connectivity index (χ3n) is 3.68. The first-order valence-corrected chi connectivity index (χ1v) is 9.16. The highest BCUT2D eigenvalue weighted by molar-refractivity contribution is 7.89. The SMILES string of the molecule is CCN(Cc1ccccc1)S(=O)(=O)c1cccc(C(=O)N(C)C)c1. The van der Waals surface area contributed by atoms with Gasteiger partial charge in [-0.25, -0.2) is 8.42 Å². The number of hydrogen-bond acceptors (Lipinski definition) is 3. The summed E-state index contributed by atoms with van der Waals surface area (Å²) in [6, 6.07) is 15.6. The third-order valence-corrected chi connectivity index (χ3v) is 5.60. The molecule has 0 spiro atoms. The topological polar surface area (TPSA) is 57.7 Å². The molecule has 0 aliphatic heterocycles. The van der Waals surface area contributed by atoms with Crippen LogP contribution in [0.25, 0.3) is 0 Å². The van der Waals surface area contributed by atoms with Gasteiger partial charge in [-0.2, -0.15) is 4.31 Å². The molecule has 0 unspecified atom stereocenters. The van der Waals surface area contributed by atoms with Crippen LogP contribution >= 0.6 is 0 Å². The Balaban J connectivity index is 2.34. The molecule has 0 heterocycles. The lowest BCUT2D eigenvalue weighted by Gasteiger charge is -2.21. The van der Waals surface area contributed by atoms with Crippen LogP contribution in [-0.2, 0) is 16.6 Å². The molecule has 0 aliphatic rings. The summed E-state index contributed by atoms with van der Waals surface area (Å²) in [5, 5.41) is 0. The highest BCUT2D eigenvalue weighted by atomic mass is 32.2. The van der Waals surface area contributed by atoms with Gasteiger partial charge in [0, 0.05) is 32.7 Å². The number of amides is 1. The fourth-order valence-corrected chi connectivity index (χ4v) is 3.83. The fraction of sp³-hybridized carbons (Fsp3) is 0.278. The first kappa shape index (κ1) is 18.2. The molecule has 0 saturated carbocycles. The Kier molecular flexibility index (Phi) is 5.75. The van der Waals surface area contributed by atoms with E-state index in [-0.39, 0.29) is 10.8 Å². The van der Waals surface area contributed by atoms with Crippen LogP contribution in [0.2, 0.25) is 0 Å². The van der Waals surface area contributed by atoms with Crippen LogP contribution < -0.4 is 0 Å². The minimum Gasteiger partial charge on any atom is -0.345 e. The fourth-order valence-electron chi connectivity index (χ4n) is 2.35. The number of nitrogens with zero attached hydrogens (tertiary/aromatic N) is 2. The van der Waals surface area contributed by atoms with Crippen molar-refractivity contribution in [3.63, 3.8) is 0 Å². The van der Waals surface area contributed by atoms with Gasteiger partial charge in [0.05, 0.1) is 4.90 Å². The third kappa shape index (κ3) is 4.01. The Morgan fingerprint density at radius 1 is 1.00 bits per heavy atom. The molecule has 6 heteroatoms. The minimum atomic E-state index is -3.67. The summed E-state index contributed by atoms with van der Waals surface area (Å²) in [6.45, 7) is 2.45. The van der Waals surface area contributed by atoms with Crippen molar-refractivity contribution >= 4 is 15.9 Å². The van der Waals surface area contributed by atoms with Crippen molar-refractivity contribution in [3.05, 3.63) is 65.7 Å². The predicted octanol–water partition coefficient (Wildman–Crippen LogP) is 2.60. The number of carbonyl (C=O) groups excluding carboxylic acids is 1. The van der Waals surface area contributed by atoms with E-state index in [0.717, 1.165) is 5.56 Å². The van der Waals surface area contributed by atoms with Gasteiger partial charge in [0.25, 0.3) is 5.91 Å². The molecular formula is C18H22N2O3S. The summed E-state index contributed by atoms with van der Waals surface area (Å²) in [4.78, 5) is 13.6. The maximum Gasteiger partial charge on any atom is 0.253 e. The molecule has 0 N–H and O–H groups in total. The highest BCUT2D eigenvalue weighted by Crippen LogP contribution is 2.20. The van der Waals surface area contributed by atoms with E-state index in [1.807, 2.05) is 30.3 Å². The first-order chi connectivity index (χ1) is 11.4. The van der Waals surface area contributed by atoms with Crippen molar-refractivity contribution < 1.29 is 13.2 Å². The van der Waals surface area contributed by atoms with Crippen molar-refractivity contribution in [1.82, 2.24) is 9.21 Å². The van der Waals surface area contributed by atoms with Gasteiger partial charge in [0.1, 0.15) is 0 Å². The molecule has 24 heavy (non-hydrogen) atoms. The molecule has 0 fully saturated rings. The maximum atomic E-state index is 12.9. The molecular weight excluding hydrogens is 324 g/mol. The lowest BCUT2D eigenvalue weighted by molar-refractivity contribution is 0.0827. The molecule has 0 aromatic heterocycles. The Morgan fingerprint density at radius 3 is 2.25 bits per heavy atom. The lowest BCUT2D eigenvalue weighted by Crippen LogP contribution is -2.30. The Morgan fingerprint density at radius 2 is 1.67 bits per heavy atom. The van der Waals surface area contributed by atoms with Crippen LogP contribution in [0.1, 0.15) is 22.8 Å². The van der Waals surface area contributed by atoms with Crippen LogP contribution in [0.4, 0.5) is 0 Å². The second-order valence-corrected chi connectivity index (χ2v) is 7.58. The van der Waals surface area contributed by atoms with Gasteiger partial charge in [-0.3, -0.25) is 4.79 Å². The summed E-state index contributed by atoms with van der Waals surface area (Å²) >= 11 is 0. The summed E-state index contributed by atoms with van der Waals surface area (Å²) in [6.07, 6.45) is 0.